The summed E-state index contributed by atoms with van der Waals surface area (Å²) in [6, 6.07) is 15.9. The molecule has 3 aromatic rings. The van der Waals surface area contributed by atoms with E-state index in [1.807, 2.05) is 40.6 Å². The molecule has 2 aromatic heterocycles. The van der Waals surface area contributed by atoms with Gasteiger partial charge in [-0.2, -0.15) is 0 Å². The molecule has 0 fully saturated rings. The highest BCUT2D eigenvalue weighted by atomic mass is 32.1. The second kappa shape index (κ2) is 6.09. The number of fused-ring (bicyclic) bond motifs is 1. The number of amides is 1. The minimum absolute atomic E-state index is 0.0247. The van der Waals surface area contributed by atoms with E-state index in [4.69, 9.17) is 0 Å². The lowest BCUT2D eigenvalue weighted by Gasteiger charge is -2.26. The number of rotatable bonds is 4. The van der Waals surface area contributed by atoms with Gasteiger partial charge in [-0.25, -0.2) is 0 Å². The summed E-state index contributed by atoms with van der Waals surface area (Å²) < 4.78 is 0. The zero-order valence-corrected chi connectivity index (χ0v) is 14.1. The predicted octanol–water partition coefficient (Wildman–Crippen LogP) is 4.22. The van der Waals surface area contributed by atoms with Crippen molar-refractivity contribution in [3.8, 4) is 0 Å². The topological polar surface area (TPSA) is 45.2 Å². The van der Waals surface area contributed by atoms with Crippen LogP contribution in [0, 0.1) is 6.92 Å². The molecule has 5 heteroatoms. The summed E-state index contributed by atoms with van der Waals surface area (Å²) in [7, 11) is 0. The van der Waals surface area contributed by atoms with Gasteiger partial charge in [0.25, 0.3) is 5.91 Å². The summed E-state index contributed by atoms with van der Waals surface area (Å²) in [5.74, 6) is 0.0247. The molecule has 1 aliphatic rings. The summed E-state index contributed by atoms with van der Waals surface area (Å²) in [6.45, 7) is 2.64. The minimum atomic E-state index is -0.252. The fraction of sp³-hybridized carbons (Fsp3) is 0.158. The summed E-state index contributed by atoms with van der Waals surface area (Å²) in [4.78, 5) is 20.3. The van der Waals surface area contributed by atoms with Crippen molar-refractivity contribution < 1.29 is 4.79 Å². The standard InChI is InChI=1S/C19H17N3OS/c1-13-5-2-6-14(11-13)21-18-17-16(8-3-9-20-17)19(23)22(18)12-15-7-4-10-24-15/h2-11,18,21H,12H2,1H3. The van der Waals surface area contributed by atoms with Crippen LogP contribution in [0.4, 0.5) is 5.69 Å². The second-order valence-electron chi connectivity index (χ2n) is 5.86. The molecule has 0 saturated heterocycles. The Morgan fingerprint density at radius 2 is 2.12 bits per heavy atom. The molecule has 1 amide bonds. The van der Waals surface area contributed by atoms with Gasteiger partial charge < -0.3 is 10.2 Å². The Morgan fingerprint density at radius 1 is 1.21 bits per heavy atom. The lowest BCUT2D eigenvalue weighted by Crippen LogP contribution is -2.31. The average Bonchev–Trinajstić information content (AvgIpc) is 3.18. The second-order valence-corrected chi connectivity index (χ2v) is 6.90. The van der Waals surface area contributed by atoms with E-state index in [9.17, 15) is 4.79 Å². The molecule has 24 heavy (non-hydrogen) atoms. The molecule has 3 heterocycles. The van der Waals surface area contributed by atoms with E-state index in [0.717, 1.165) is 16.3 Å². The summed E-state index contributed by atoms with van der Waals surface area (Å²) in [6.07, 6.45) is 1.49. The van der Waals surface area contributed by atoms with E-state index in [2.05, 4.69) is 35.4 Å². The number of thiophene rings is 1. The third-order valence-corrected chi connectivity index (χ3v) is 4.99. The van der Waals surface area contributed by atoms with E-state index in [1.165, 1.54) is 5.56 Å². The number of hydrogen-bond donors (Lipinski definition) is 1. The Hall–Kier alpha value is -2.66. The van der Waals surface area contributed by atoms with Crippen LogP contribution in [-0.4, -0.2) is 15.8 Å². The number of benzene rings is 1. The van der Waals surface area contributed by atoms with Gasteiger partial charge in [0.1, 0.15) is 6.17 Å². The summed E-state index contributed by atoms with van der Waals surface area (Å²) >= 11 is 1.66. The van der Waals surface area contributed by atoms with Crippen LogP contribution in [0.25, 0.3) is 0 Å². The van der Waals surface area contributed by atoms with Crippen LogP contribution in [0.1, 0.15) is 32.7 Å². The molecule has 1 atom stereocenters. The smallest absolute Gasteiger partial charge is 0.258 e. The largest absolute Gasteiger partial charge is 0.360 e. The maximum Gasteiger partial charge on any atom is 0.258 e. The fourth-order valence-corrected chi connectivity index (χ4v) is 3.71. The molecule has 0 radical (unpaired) electrons. The number of pyridine rings is 1. The van der Waals surface area contributed by atoms with Crippen molar-refractivity contribution in [2.24, 2.45) is 0 Å². The molecule has 0 spiro atoms. The first-order valence-corrected chi connectivity index (χ1v) is 8.72. The highest BCUT2D eigenvalue weighted by Gasteiger charge is 2.37. The average molecular weight is 335 g/mol. The predicted molar refractivity (Wildman–Crippen MR) is 96.0 cm³/mol. The van der Waals surface area contributed by atoms with Gasteiger partial charge in [0.2, 0.25) is 0 Å². The fourth-order valence-electron chi connectivity index (χ4n) is 3.01. The molecule has 0 aliphatic carbocycles. The van der Waals surface area contributed by atoms with E-state index >= 15 is 0 Å². The molecule has 0 bridgehead atoms. The molecule has 1 N–H and O–H groups in total. The lowest BCUT2D eigenvalue weighted by atomic mass is 10.2. The zero-order chi connectivity index (χ0) is 16.5. The number of anilines is 1. The molecule has 1 aliphatic heterocycles. The molecule has 1 unspecified atom stereocenters. The van der Waals surface area contributed by atoms with Crippen molar-refractivity contribution in [2.45, 2.75) is 19.6 Å². The van der Waals surface area contributed by atoms with E-state index in [-0.39, 0.29) is 12.1 Å². The summed E-state index contributed by atoms with van der Waals surface area (Å²) in [5.41, 5.74) is 3.64. The van der Waals surface area contributed by atoms with Crippen LogP contribution >= 0.6 is 11.3 Å². The SMILES string of the molecule is Cc1cccc(NC2c3ncccc3C(=O)N2Cc2cccs2)c1. The van der Waals surface area contributed by atoms with Crippen molar-refractivity contribution in [2.75, 3.05) is 5.32 Å². The highest BCUT2D eigenvalue weighted by molar-refractivity contribution is 7.09. The Balaban J connectivity index is 1.70. The van der Waals surface area contributed by atoms with Gasteiger partial charge in [0.05, 0.1) is 17.8 Å². The number of nitrogens with zero attached hydrogens (tertiary/aromatic N) is 2. The van der Waals surface area contributed by atoms with Crippen LogP contribution in [0.15, 0.2) is 60.1 Å². The molecule has 4 rings (SSSR count). The maximum atomic E-state index is 12.8. The Bertz CT molecular complexity index is 876. The van der Waals surface area contributed by atoms with Gasteiger partial charge in [-0.05, 0) is 48.2 Å². The first-order valence-electron chi connectivity index (χ1n) is 7.84. The van der Waals surface area contributed by atoms with E-state index < -0.39 is 0 Å². The number of nitrogens with one attached hydrogen (secondary N) is 1. The Morgan fingerprint density at radius 3 is 2.92 bits per heavy atom. The van der Waals surface area contributed by atoms with Crippen LogP contribution in [0.5, 0.6) is 0 Å². The van der Waals surface area contributed by atoms with Gasteiger partial charge in [-0.15, -0.1) is 11.3 Å². The zero-order valence-electron chi connectivity index (χ0n) is 13.3. The Kier molecular flexibility index (Phi) is 3.78. The van der Waals surface area contributed by atoms with Crippen molar-refractivity contribution in [1.82, 2.24) is 9.88 Å². The molecular formula is C19H17N3OS. The number of aryl methyl sites for hydroxylation is 1. The maximum absolute atomic E-state index is 12.8. The van der Waals surface area contributed by atoms with E-state index in [1.54, 1.807) is 17.5 Å². The minimum Gasteiger partial charge on any atom is -0.360 e. The third kappa shape index (κ3) is 2.67. The molecule has 4 nitrogen and oxygen atoms in total. The van der Waals surface area contributed by atoms with Crippen molar-refractivity contribution in [3.63, 3.8) is 0 Å². The molecule has 0 saturated carbocycles. The van der Waals surface area contributed by atoms with Crippen LogP contribution in [0.3, 0.4) is 0 Å². The lowest BCUT2D eigenvalue weighted by molar-refractivity contribution is 0.0729. The quantitative estimate of drug-likeness (QED) is 0.776. The van der Waals surface area contributed by atoms with Crippen LogP contribution in [-0.2, 0) is 6.54 Å². The van der Waals surface area contributed by atoms with Crippen molar-refractivity contribution in [1.29, 1.82) is 0 Å². The first kappa shape index (κ1) is 14.9. The Labute approximate surface area is 144 Å². The number of carbonyl (C=O) groups is 1. The summed E-state index contributed by atoms with van der Waals surface area (Å²) in [5, 5.41) is 5.51. The molecule has 120 valence electrons. The van der Waals surface area contributed by atoms with Crippen molar-refractivity contribution >= 4 is 22.9 Å². The third-order valence-electron chi connectivity index (χ3n) is 4.13. The normalized spacial score (nSPS) is 16.3. The number of aromatic nitrogens is 1. The van der Waals surface area contributed by atoms with Gasteiger partial charge in [-0.1, -0.05) is 18.2 Å². The van der Waals surface area contributed by atoms with Crippen LogP contribution in [0.2, 0.25) is 0 Å². The van der Waals surface area contributed by atoms with Crippen molar-refractivity contribution in [3.05, 3.63) is 81.8 Å². The highest BCUT2D eigenvalue weighted by Crippen LogP contribution is 2.34. The van der Waals surface area contributed by atoms with Gasteiger partial charge in [0.15, 0.2) is 0 Å². The first-order chi connectivity index (χ1) is 11.7. The molecular weight excluding hydrogens is 318 g/mol. The molecule has 1 aromatic carbocycles. The number of hydrogen-bond acceptors (Lipinski definition) is 4. The van der Waals surface area contributed by atoms with E-state index in [0.29, 0.717) is 12.1 Å². The van der Waals surface area contributed by atoms with Gasteiger partial charge in [-0.3, -0.25) is 9.78 Å². The van der Waals surface area contributed by atoms with Crippen LogP contribution < -0.4 is 5.32 Å². The van der Waals surface area contributed by atoms with Gasteiger partial charge in [0, 0.05) is 16.8 Å². The number of carbonyl (C=O) groups excluding carboxylic acids is 1. The monoisotopic (exact) mass is 335 g/mol. The van der Waals surface area contributed by atoms with Gasteiger partial charge >= 0.3 is 0 Å².